The summed E-state index contributed by atoms with van der Waals surface area (Å²) in [5.41, 5.74) is 3.25. The molecule has 0 radical (unpaired) electrons. The third-order valence-electron chi connectivity index (χ3n) is 5.32. The molecule has 0 bridgehead atoms. The largest absolute Gasteiger partial charge is 0.496 e. The van der Waals surface area contributed by atoms with Gasteiger partial charge in [-0.25, -0.2) is 0 Å². The number of aryl methyl sites for hydroxylation is 1. The van der Waals surface area contributed by atoms with E-state index in [9.17, 15) is 4.79 Å². The number of methoxy groups -OCH3 is 2. The number of nitrogens with one attached hydrogen (secondary N) is 1. The fourth-order valence-electron chi connectivity index (χ4n) is 3.72. The Morgan fingerprint density at radius 2 is 1.66 bits per heavy atom. The van der Waals surface area contributed by atoms with Crippen molar-refractivity contribution in [3.05, 3.63) is 65.9 Å². The zero-order valence-electron chi connectivity index (χ0n) is 19.6. The van der Waals surface area contributed by atoms with E-state index in [4.69, 9.17) is 9.47 Å². The molecule has 170 valence electrons. The van der Waals surface area contributed by atoms with Crippen molar-refractivity contribution < 1.29 is 14.3 Å². The monoisotopic (exact) mass is 435 g/mol. The van der Waals surface area contributed by atoms with Gasteiger partial charge >= 0.3 is 0 Å². The van der Waals surface area contributed by atoms with Crippen LogP contribution in [0.2, 0.25) is 0 Å². The van der Waals surface area contributed by atoms with E-state index in [1.54, 1.807) is 14.2 Å². The summed E-state index contributed by atoms with van der Waals surface area (Å²) in [6, 6.07) is 17.8. The van der Waals surface area contributed by atoms with Crippen molar-refractivity contribution in [3.8, 4) is 22.8 Å². The van der Waals surface area contributed by atoms with E-state index in [-0.39, 0.29) is 11.9 Å². The van der Waals surface area contributed by atoms with Gasteiger partial charge in [0.15, 0.2) is 5.69 Å². The Balaban J connectivity index is 1.84. The summed E-state index contributed by atoms with van der Waals surface area (Å²) >= 11 is 0. The van der Waals surface area contributed by atoms with Crippen LogP contribution in [0.1, 0.15) is 43.2 Å². The molecule has 0 aliphatic carbocycles. The minimum atomic E-state index is -0.178. The Morgan fingerprint density at radius 3 is 2.25 bits per heavy atom. The van der Waals surface area contributed by atoms with E-state index in [0.717, 1.165) is 24.1 Å². The van der Waals surface area contributed by atoms with Crippen molar-refractivity contribution in [2.24, 2.45) is 5.92 Å². The van der Waals surface area contributed by atoms with Crippen molar-refractivity contribution in [1.29, 1.82) is 0 Å². The number of hydrogen-bond donors (Lipinski definition) is 1. The van der Waals surface area contributed by atoms with E-state index >= 15 is 0 Å². The number of rotatable bonds is 10. The minimum absolute atomic E-state index is 0.0298. The first-order valence-electron chi connectivity index (χ1n) is 11.1. The van der Waals surface area contributed by atoms with Crippen LogP contribution >= 0.6 is 0 Å². The maximum absolute atomic E-state index is 13.0. The van der Waals surface area contributed by atoms with Crippen LogP contribution in [0.4, 0.5) is 0 Å². The van der Waals surface area contributed by atoms with Gasteiger partial charge in [-0.15, -0.1) is 0 Å². The van der Waals surface area contributed by atoms with Crippen LogP contribution in [-0.2, 0) is 13.0 Å². The molecule has 0 fully saturated rings. The lowest BCUT2D eigenvalue weighted by molar-refractivity contribution is 0.0932. The molecule has 1 atom stereocenters. The molecule has 0 saturated heterocycles. The van der Waals surface area contributed by atoms with Crippen molar-refractivity contribution in [3.63, 3.8) is 0 Å². The number of ether oxygens (including phenoxy) is 2. The lowest BCUT2D eigenvalue weighted by Crippen LogP contribution is -2.33. The average Bonchev–Trinajstić information content (AvgIpc) is 3.20. The number of hydrogen-bond acceptors (Lipinski definition) is 4. The molecule has 32 heavy (non-hydrogen) atoms. The highest BCUT2D eigenvalue weighted by Gasteiger charge is 2.22. The highest BCUT2D eigenvalue weighted by molar-refractivity contribution is 5.94. The first-order valence-corrected chi connectivity index (χ1v) is 11.1. The first-order chi connectivity index (χ1) is 15.4. The molecule has 3 aromatic rings. The smallest absolute Gasteiger partial charge is 0.272 e. The Bertz CT molecular complexity index is 1010. The lowest BCUT2D eigenvalue weighted by Gasteiger charge is -2.15. The van der Waals surface area contributed by atoms with Gasteiger partial charge in [-0.2, -0.15) is 5.10 Å². The predicted molar refractivity (Wildman–Crippen MR) is 127 cm³/mol. The molecule has 1 N–H and O–H groups in total. The van der Waals surface area contributed by atoms with Crippen molar-refractivity contribution in [2.75, 3.05) is 14.2 Å². The number of carbonyl (C=O) groups is 1. The van der Waals surface area contributed by atoms with Gasteiger partial charge < -0.3 is 14.8 Å². The Kier molecular flexibility index (Phi) is 7.92. The normalized spacial score (nSPS) is 11.9. The Hall–Kier alpha value is -3.28. The number of amides is 1. The SMILES string of the molecule is COc1cccc(OC)c1-c1cc(C(=O)N[C@H](C)CCc2ccccc2)nn1CC(C)C. The quantitative estimate of drug-likeness (QED) is 0.488. The highest BCUT2D eigenvalue weighted by Crippen LogP contribution is 2.38. The topological polar surface area (TPSA) is 65.4 Å². The van der Waals surface area contributed by atoms with Gasteiger partial charge in [-0.1, -0.05) is 50.2 Å². The van der Waals surface area contributed by atoms with Gasteiger partial charge in [0.05, 0.1) is 25.5 Å². The van der Waals surface area contributed by atoms with Crippen LogP contribution in [0.15, 0.2) is 54.6 Å². The maximum Gasteiger partial charge on any atom is 0.272 e. The van der Waals surface area contributed by atoms with E-state index in [1.807, 2.05) is 54.1 Å². The fraction of sp³-hybridized carbons (Fsp3) is 0.385. The molecule has 3 rings (SSSR count). The van der Waals surface area contributed by atoms with E-state index in [2.05, 4.69) is 36.4 Å². The Labute approximate surface area is 190 Å². The summed E-state index contributed by atoms with van der Waals surface area (Å²) in [4.78, 5) is 13.0. The van der Waals surface area contributed by atoms with Gasteiger partial charge in [0, 0.05) is 12.6 Å². The fourth-order valence-corrected chi connectivity index (χ4v) is 3.72. The molecule has 0 saturated carbocycles. The predicted octanol–water partition coefficient (Wildman–Crippen LogP) is 4.97. The zero-order chi connectivity index (χ0) is 23.1. The summed E-state index contributed by atoms with van der Waals surface area (Å²) in [6.07, 6.45) is 1.77. The summed E-state index contributed by atoms with van der Waals surface area (Å²) < 4.78 is 13.0. The van der Waals surface area contributed by atoms with Crippen molar-refractivity contribution >= 4 is 5.91 Å². The molecule has 0 aliphatic rings. The zero-order valence-corrected chi connectivity index (χ0v) is 19.6. The van der Waals surface area contributed by atoms with E-state index in [0.29, 0.717) is 29.7 Å². The van der Waals surface area contributed by atoms with Crippen LogP contribution < -0.4 is 14.8 Å². The second-order valence-corrected chi connectivity index (χ2v) is 8.43. The van der Waals surface area contributed by atoms with Crippen LogP contribution in [0.5, 0.6) is 11.5 Å². The third kappa shape index (κ3) is 5.69. The van der Waals surface area contributed by atoms with Gasteiger partial charge in [0.1, 0.15) is 11.5 Å². The lowest BCUT2D eigenvalue weighted by atomic mass is 10.1. The third-order valence-corrected chi connectivity index (χ3v) is 5.32. The van der Waals surface area contributed by atoms with Crippen LogP contribution in [0.25, 0.3) is 11.3 Å². The summed E-state index contributed by atoms with van der Waals surface area (Å²) in [7, 11) is 3.26. The average molecular weight is 436 g/mol. The highest BCUT2D eigenvalue weighted by atomic mass is 16.5. The molecular weight excluding hydrogens is 402 g/mol. The first kappa shape index (κ1) is 23.4. The molecule has 0 unspecified atom stereocenters. The van der Waals surface area contributed by atoms with Crippen LogP contribution in [0.3, 0.4) is 0 Å². The second-order valence-electron chi connectivity index (χ2n) is 8.43. The molecule has 0 aliphatic heterocycles. The Morgan fingerprint density at radius 1 is 1.00 bits per heavy atom. The molecular formula is C26H33N3O3. The number of aromatic nitrogens is 2. The van der Waals surface area contributed by atoms with Gasteiger partial charge in [0.25, 0.3) is 5.91 Å². The van der Waals surface area contributed by atoms with E-state index < -0.39 is 0 Å². The molecule has 1 heterocycles. The molecule has 6 nitrogen and oxygen atoms in total. The van der Waals surface area contributed by atoms with E-state index in [1.165, 1.54) is 5.56 Å². The number of nitrogens with zero attached hydrogens (tertiary/aromatic N) is 2. The molecule has 2 aromatic carbocycles. The van der Waals surface area contributed by atoms with Crippen LogP contribution in [-0.4, -0.2) is 35.9 Å². The maximum atomic E-state index is 13.0. The number of carbonyl (C=O) groups excluding carboxylic acids is 1. The standard InChI is InChI=1S/C26H33N3O3/c1-18(2)17-29-22(25-23(31-4)12-9-13-24(25)32-5)16-21(28-29)26(30)27-19(3)14-15-20-10-7-6-8-11-20/h6-13,16,18-19H,14-15,17H2,1-5H3,(H,27,30)/t19-/m1/s1. The molecule has 0 spiro atoms. The minimum Gasteiger partial charge on any atom is -0.496 e. The summed E-state index contributed by atoms with van der Waals surface area (Å²) in [5.74, 6) is 1.54. The van der Waals surface area contributed by atoms with Crippen molar-refractivity contribution in [1.82, 2.24) is 15.1 Å². The summed E-state index contributed by atoms with van der Waals surface area (Å²) in [6.45, 7) is 6.94. The molecule has 6 heteroatoms. The molecule has 1 aromatic heterocycles. The van der Waals surface area contributed by atoms with Crippen LogP contribution in [0, 0.1) is 5.92 Å². The van der Waals surface area contributed by atoms with Gasteiger partial charge in [-0.3, -0.25) is 9.48 Å². The second kappa shape index (κ2) is 10.8. The molecule has 1 amide bonds. The van der Waals surface area contributed by atoms with Gasteiger partial charge in [-0.05, 0) is 49.4 Å². The summed E-state index contributed by atoms with van der Waals surface area (Å²) in [5, 5.41) is 7.73. The van der Waals surface area contributed by atoms with Crippen molar-refractivity contribution in [2.45, 2.75) is 46.2 Å². The number of benzene rings is 2. The van der Waals surface area contributed by atoms with Gasteiger partial charge in [0.2, 0.25) is 0 Å².